The number of allylic oxidation sites excluding steroid dienone is 6. The first kappa shape index (κ1) is 52.6. The topological polar surface area (TPSA) is 78.9 Å². The fraction of sp³-hybridized carbons (Fsp3) is 0.816. The van der Waals surface area contributed by atoms with E-state index in [0.717, 1.165) is 77.0 Å². The number of ether oxygens (including phenoxy) is 3. The van der Waals surface area contributed by atoms with Crippen LogP contribution in [0.2, 0.25) is 0 Å². The third-order valence-electron chi connectivity index (χ3n) is 10.1. The van der Waals surface area contributed by atoms with Gasteiger partial charge in [-0.25, -0.2) is 0 Å². The summed E-state index contributed by atoms with van der Waals surface area (Å²) in [6.07, 6.45) is 50.0. The third kappa shape index (κ3) is 42.6. The van der Waals surface area contributed by atoms with Crippen molar-refractivity contribution in [2.45, 2.75) is 245 Å². The molecule has 0 aromatic rings. The van der Waals surface area contributed by atoms with Crippen molar-refractivity contribution in [3.8, 4) is 0 Å². The molecule has 0 aliphatic heterocycles. The number of hydrogen-bond acceptors (Lipinski definition) is 6. The summed E-state index contributed by atoms with van der Waals surface area (Å²) in [5.74, 6) is -0.893. The summed E-state index contributed by atoms with van der Waals surface area (Å²) in [6.45, 7) is 6.54. The zero-order valence-corrected chi connectivity index (χ0v) is 36.4. The molecule has 0 radical (unpaired) electrons. The van der Waals surface area contributed by atoms with Crippen LogP contribution in [0, 0.1) is 0 Å². The minimum absolute atomic E-state index is 0.0745. The molecule has 1 unspecified atom stereocenters. The van der Waals surface area contributed by atoms with E-state index in [1.807, 2.05) is 0 Å². The van der Waals surface area contributed by atoms with Gasteiger partial charge in [0.05, 0.1) is 0 Å². The van der Waals surface area contributed by atoms with Gasteiger partial charge in [0.25, 0.3) is 0 Å². The number of esters is 3. The van der Waals surface area contributed by atoms with E-state index in [4.69, 9.17) is 14.2 Å². The maximum atomic E-state index is 12.7. The van der Waals surface area contributed by atoms with Crippen LogP contribution in [0.5, 0.6) is 0 Å². The lowest BCUT2D eigenvalue weighted by Crippen LogP contribution is -2.30. The lowest BCUT2D eigenvalue weighted by atomic mass is 10.0. The van der Waals surface area contributed by atoms with E-state index in [1.54, 1.807) is 0 Å². The van der Waals surface area contributed by atoms with Gasteiger partial charge in [0.15, 0.2) is 6.10 Å². The van der Waals surface area contributed by atoms with Crippen molar-refractivity contribution in [1.82, 2.24) is 0 Å². The summed E-state index contributed by atoms with van der Waals surface area (Å²) in [5, 5.41) is 0. The van der Waals surface area contributed by atoms with Gasteiger partial charge in [-0.05, 0) is 57.8 Å². The first-order chi connectivity index (χ1) is 27.0. The van der Waals surface area contributed by atoms with Crippen LogP contribution in [0.4, 0.5) is 0 Å². The average Bonchev–Trinajstić information content (AvgIpc) is 3.18. The highest BCUT2D eigenvalue weighted by molar-refractivity contribution is 5.71. The van der Waals surface area contributed by atoms with Crippen LogP contribution >= 0.6 is 0 Å². The molecule has 0 amide bonds. The highest BCUT2D eigenvalue weighted by Gasteiger charge is 2.19. The molecule has 0 aliphatic rings. The molecule has 0 aliphatic carbocycles. The summed E-state index contributed by atoms with van der Waals surface area (Å²) in [7, 11) is 0. The third-order valence-corrected chi connectivity index (χ3v) is 10.1. The maximum absolute atomic E-state index is 12.7. The first-order valence-electron chi connectivity index (χ1n) is 23.5. The Hall–Kier alpha value is -2.37. The average molecular weight is 773 g/mol. The van der Waals surface area contributed by atoms with E-state index in [-0.39, 0.29) is 31.1 Å². The summed E-state index contributed by atoms with van der Waals surface area (Å²) in [5.41, 5.74) is 0. The Morgan fingerprint density at radius 2 is 0.655 bits per heavy atom. The van der Waals surface area contributed by atoms with Gasteiger partial charge < -0.3 is 14.2 Å². The van der Waals surface area contributed by atoms with Gasteiger partial charge >= 0.3 is 17.9 Å². The van der Waals surface area contributed by atoms with Crippen molar-refractivity contribution in [3.05, 3.63) is 36.5 Å². The standard InChI is InChI=1S/C49H88O6/c1-4-7-10-13-16-18-20-22-23-24-25-26-27-28-30-31-33-36-39-42-48(51)54-45-46(44-53-47(50)41-38-35-15-12-9-6-3)55-49(52)43-40-37-34-32-29-21-19-17-14-11-8-5-2/h16,18,22-23,25-26,46H,4-15,17,19-21,24,27-45H2,1-3H3/b18-16-,23-22-,26-25-. The van der Waals surface area contributed by atoms with Gasteiger partial charge in [-0.1, -0.05) is 198 Å². The van der Waals surface area contributed by atoms with E-state index >= 15 is 0 Å². The first-order valence-corrected chi connectivity index (χ1v) is 23.5. The van der Waals surface area contributed by atoms with Crippen LogP contribution in [0.3, 0.4) is 0 Å². The SMILES string of the molecule is CCCCC/C=C\C/C=C\C/C=C\CCCCCCCCC(=O)OCC(COC(=O)CCCCCCCC)OC(=O)CCCCCCCCCCCCCC. The van der Waals surface area contributed by atoms with Crippen LogP contribution in [-0.2, 0) is 28.6 Å². The molecular weight excluding hydrogens is 685 g/mol. The highest BCUT2D eigenvalue weighted by Crippen LogP contribution is 2.14. The predicted octanol–water partition coefficient (Wildman–Crippen LogP) is 15.0. The quantitative estimate of drug-likeness (QED) is 0.0266. The second kappa shape index (κ2) is 44.3. The van der Waals surface area contributed by atoms with E-state index in [2.05, 4.69) is 57.2 Å². The molecule has 1 atom stereocenters. The Kier molecular flexibility index (Phi) is 42.4. The predicted molar refractivity (Wildman–Crippen MR) is 233 cm³/mol. The Labute approximate surface area is 340 Å². The molecule has 0 fully saturated rings. The van der Waals surface area contributed by atoms with Gasteiger partial charge in [-0.15, -0.1) is 0 Å². The zero-order chi connectivity index (χ0) is 40.1. The number of unbranched alkanes of at least 4 members (excludes halogenated alkanes) is 25. The summed E-state index contributed by atoms with van der Waals surface area (Å²) in [4.78, 5) is 37.6. The molecule has 320 valence electrons. The Morgan fingerprint density at radius 1 is 0.364 bits per heavy atom. The molecule has 0 heterocycles. The number of hydrogen-bond donors (Lipinski definition) is 0. The molecular formula is C49H88O6. The monoisotopic (exact) mass is 773 g/mol. The van der Waals surface area contributed by atoms with Crippen LogP contribution in [0.1, 0.15) is 239 Å². The van der Waals surface area contributed by atoms with E-state index < -0.39 is 6.10 Å². The minimum atomic E-state index is -0.769. The van der Waals surface area contributed by atoms with E-state index in [1.165, 1.54) is 122 Å². The normalized spacial score (nSPS) is 12.3. The lowest BCUT2D eigenvalue weighted by Gasteiger charge is -2.18. The van der Waals surface area contributed by atoms with Crippen molar-refractivity contribution in [3.63, 3.8) is 0 Å². The Morgan fingerprint density at radius 3 is 1.05 bits per heavy atom. The summed E-state index contributed by atoms with van der Waals surface area (Å²) >= 11 is 0. The van der Waals surface area contributed by atoms with Gasteiger partial charge in [0.2, 0.25) is 0 Å². The summed E-state index contributed by atoms with van der Waals surface area (Å²) in [6, 6.07) is 0. The molecule has 0 bridgehead atoms. The van der Waals surface area contributed by atoms with Gasteiger partial charge in [-0.2, -0.15) is 0 Å². The molecule has 0 spiro atoms. The Bertz CT molecular complexity index is 938. The fourth-order valence-corrected chi connectivity index (χ4v) is 6.57. The van der Waals surface area contributed by atoms with Crippen molar-refractivity contribution in [2.75, 3.05) is 13.2 Å². The second-order valence-electron chi connectivity index (χ2n) is 15.7. The largest absolute Gasteiger partial charge is 0.462 e. The molecule has 0 aromatic carbocycles. The number of rotatable bonds is 42. The smallest absolute Gasteiger partial charge is 0.306 e. The highest BCUT2D eigenvalue weighted by atomic mass is 16.6. The zero-order valence-electron chi connectivity index (χ0n) is 36.4. The van der Waals surface area contributed by atoms with Crippen molar-refractivity contribution >= 4 is 17.9 Å². The second-order valence-corrected chi connectivity index (χ2v) is 15.7. The molecule has 6 heteroatoms. The maximum Gasteiger partial charge on any atom is 0.306 e. The molecule has 0 N–H and O–H groups in total. The fourth-order valence-electron chi connectivity index (χ4n) is 6.57. The molecule has 0 rings (SSSR count). The van der Waals surface area contributed by atoms with Crippen molar-refractivity contribution in [1.29, 1.82) is 0 Å². The van der Waals surface area contributed by atoms with Crippen LogP contribution in [-0.4, -0.2) is 37.2 Å². The molecule has 6 nitrogen and oxygen atoms in total. The minimum Gasteiger partial charge on any atom is -0.462 e. The molecule has 55 heavy (non-hydrogen) atoms. The van der Waals surface area contributed by atoms with Gasteiger partial charge in [0, 0.05) is 19.3 Å². The van der Waals surface area contributed by atoms with Gasteiger partial charge in [0.1, 0.15) is 13.2 Å². The number of carbonyl (C=O) groups is 3. The molecule has 0 saturated carbocycles. The van der Waals surface area contributed by atoms with Crippen molar-refractivity contribution in [2.24, 2.45) is 0 Å². The van der Waals surface area contributed by atoms with Crippen LogP contribution < -0.4 is 0 Å². The Balaban J connectivity index is 4.24. The van der Waals surface area contributed by atoms with Crippen LogP contribution in [0.25, 0.3) is 0 Å². The van der Waals surface area contributed by atoms with E-state index in [9.17, 15) is 14.4 Å². The molecule has 0 saturated heterocycles. The van der Waals surface area contributed by atoms with Gasteiger partial charge in [-0.3, -0.25) is 14.4 Å². The molecule has 0 aromatic heterocycles. The van der Waals surface area contributed by atoms with Crippen LogP contribution in [0.15, 0.2) is 36.5 Å². The van der Waals surface area contributed by atoms with Crippen molar-refractivity contribution < 1.29 is 28.6 Å². The van der Waals surface area contributed by atoms with E-state index in [0.29, 0.717) is 19.3 Å². The number of carbonyl (C=O) groups excluding carboxylic acids is 3. The lowest BCUT2D eigenvalue weighted by molar-refractivity contribution is -0.167. The summed E-state index contributed by atoms with van der Waals surface area (Å²) < 4.78 is 16.6.